The number of hydrogen-bond acceptors (Lipinski definition) is 4. The molecule has 0 amide bonds. The molecule has 0 aromatic carbocycles. The van der Waals surface area contributed by atoms with E-state index in [4.69, 9.17) is 4.74 Å². The summed E-state index contributed by atoms with van der Waals surface area (Å²) in [5, 5.41) is 0. The molecule has 0 aliphatic rings. The monoisotopic (exact) mass is 200 g/mol. The Kier molecular flexibility index (Phi) is 12.3. The molecule has 4 nitrogen and oxygen atoms in total. The summed E-state index contributed by atoms with van der Waals surface area (Å²) in [7, 11) is 1.29. The highest BCUT2D eigenvalue weighted by molar-refractivity contribution is 5.77. The largest absolute Gasteiger partial charge is 0.469 e. The van der Waals surface area contributed by atoms with Crippen LogP contribution in [-0.4, -0.2) is 25.7 Å². The van der Waals surface area contributed by atoms with Crippen LogP contribution in [0, 0.1) is 12.8 Å². The maximum absolute atomic E-state index is 10.8. The van der Waals surface area contributed by atoms with Crippen LogP contribution in [0.5, 0.6) is 0 Å². The van der Waals surface area contributed by atoms with Gasteiger partial charge in [-0.25, -0.2) is 0 Å². The lowest BCUT2D eigenvalue weighted by molar-refractivity contribution is -0.148. The molecule has 0 aromatic rings. The molecule has 14 heavy (non-hydrogen) atoms. The van der Waals surface area contributed by atoms with E-state index in [1.807, 2.05) is 6.92 Å². The Hall–Kier alpha value is -1.50. The van der Waals surface area contributed by atoms with Crippen LogP contribution in [0.1, 0.15) is 26.2 Å². The van der Waals surface area contributed by atoms with Crippen molar-refractivity contribution in [1.82, 2.24) is 0 Å². The summed E-state index contributed by atoms with van der Waals surface area (Å²) in [4.78, 5) is 21.4. The first-order valence-electron chi connectivity index (χ1n) is 4.26. The molecule has 0 spiro atoms. The number of methoxy groups -OCH3 is 1. The molecule has 0 bridgehead atoms. The fourth-order valence-corrected chi connectivity index (χ4v) is 0.594. The van der Waals surface area contributed by atoms with Gasteiger partial charge in [-0.2, -0.15) is 0 Å². The molecule has 0 radical (unpaired) electrons. The van der Waals surface area contributed by atoms with Gasteiger partial charge < -0.3 is 9.47 Å². The minimum Gasteiger partial charge on any atom is -0.469 e. The summed E-state index contributed by atoms with van der Waals surface area (Å²) < 4.78 is 9.10. The van der Waals surface area contributed by atoms with E-state index in [9.17, 15) is 9.59 Å². The van der Waals surface area contributed by atoms with Gasteiger partial charge in [0.25, 0.3) is 0 Å². The first kappa shape index (κ1) is 15.0. The van der Waals surface area contributed by atoms with Crippen LogP contribution in [0.4, 0.5) is 0 Å². The van der Waals surface area contributed by atoms with E-state index in [2.05, 4.69) is 17.6 Å². The van der Waals surface area contributed by atoms with Crippen molar-refractivity contribution in [3.05, 3.63) is 0 Å². The number of hydrogen-bond donors (Lipinski definition) is 0. The minimum atomic E-state index is -0.386. The second-order valence-corrected chi connectivity index (χ2v) is 2.30. The van der Waals surface area contributed by atoms with Gasteiger partial charge in [-0.3, -0.25) is 9.59 Å². The van der Waals surface area contributed by atoms with E-state index in [-0.39, 0.29) is 24.8 Å². The Bertz CT molecular complexity index is 184. The number of terminal acetylenes is 1. The van der Waals surface area contributed by atoms with E-state index in [0.717, 1.165) is 6.42 Å². The first-order valence-corrected chi connectivity index (χ1v) is 4.26. The lowest BCUT2D eigenvalue weighted by Crippen LogP contribution is -2.09. The molecule has 0 aliphatic carbocycles. The number of carbonyl (C=O) groups is 2. The van der Waals surface area contributed by atoms with Gasteiger partial charge in [-0.05, 0) is 6.42 Å². The highest BCUT2D eigenvalue weighted by atomic mass is 16.5. The van der Waals surface area contributed by atoms with Gasteiger partial charge in [0.2, 0.25) is 0 Å². The summed E-state index contributed by atoms with van der Waals surface area (Å²) in [6.45, 7) is 2.33. The SMILES string of the molecule is C#C.CCCOC(=O)CCC(=O)OC. The molecule has 0 aliphatic heterocycles. The Labute approximate surface area is 84.6 Å². The van der Waals surface area contributed by atoms with Gasteiger partial charge in [0.15, 0.2) is 0 Å². The Morgan fingerprint density at radius 1 is 1.14 bits per heavy atom. The number of rotatable bonds is 5. The molecule has 0 aromatic heterocycles. The van der Waals surface area contributed by atoms with E-state index in [0.29, 0.717) is 6.61 Å². The molecule has 80 valence electrons. The molecule has 0 unspecified atom stereocenters. The van der Waals surface area contributed by atoms with Gasteiger partial charge in [0.05, 0.1) is 26.6 Å². The first-order chi connectivity index (χ1) is 6.70. The van der Waals surface area contributed by atoms with E-state index in [1.165, 1.54) is 7.11 Å². The molecule has 0 fully saturated rings. The predicted molar refractivity (Wildman–Crippen MR) is 52.4 cm³/mol. The smallest absolute Gasteiger partial charge is 0.306 e. The van der Waals surface area contributed by atoms with Crippen molar-refractivity contribution in [1.29, 1.82) is 0 Å². The van der Waals surface area contributed by atoms with Gasteiger partial charge in [0, 0.05) is 0 Å². The van der Waals surface area contributed by atoms with Crippen molar-refractivity contribution in [3.8, 4) is 12.8 Å². The van der Waals surface area contributed by atoms with Gasteiger partial charge in [0.1, 0.15) is 0 Å². The molecule has 0 saturated carbocycles. The number of ether oxygens (including phenoxy) is 2. The molecule has 0 atom stereocenters. The average molecular weight is 200 g/mol. The Morgan fingerprint density at radius 3 is 2.07 bits per heavy atom. The van der Waals surface area contributed by atoms with Crippen molar-refractivity contribution in [2.24, 2.45) is 0 Å². The summed E-state index contributed by atoms with van der Waals surface area (Å²) in [5.41, 5.74) is 0. The molecule has 4 heteroatoms. The van der Waals surface area contributed by atoms with E-state index in [1.54, 1.807) is 0 Å². The minimum absolute atomic E-state index is 0.0963. The van der Waals surface area contributed by atoms with Crippen molar-refractivity contribution in [3.63, 3.8) is 0 Å². The van der Waals surface area contributed by atoms with E-state index >= 15 is 0 Å². The zero-order valence-corrected chi connectivity index (χ0v) is 8.62. The molecular formula is C10H16O4. The van der Waals surface area contributed by atoms with Crippen molar-refractivity contribution in [2.75, 3.05) is 13.7 Å². The summed E-state index contributed by atoms with van der Waals surface area (Å²) in [6.07, 6.45) is 9.00. The van der Waals surface area contributed by atoms with Crippen LogP contribution in [0.3, 0.4) is 0 Å². The van der Waals surface area contributed by atoms with Crippen LogP contribution in [0.25, 0.3) is 0 Å². The highest BCUT2D eigenvalue weighted by Crippen LogP contribution is 1.95. The standard InChI is InChI=1S/C8H14O4.C2H2/c1-3-6-12-8(10)5-4-7(9)11-2;1-2/h3-6H2,1-2H3;1-2H. The molecule has 0 N–H and O–H groups in total. The van der Waals surface area contributed by atoms with Crippen LogP contribution < -0.4 is 0 Å². The maximum Gasteiger partial charge on any atom is 0.306 e. The third kappa shape index (κ3) is 10.5. The topological polar surface area (TPSA) is 52.6 Å². The average Bonchev–Trinajstić information content (AvgIpc) is 2.25. The molecule has 0 rings (SSSR count). The van der Waals surface area contributed by atoms with E-state index < -0.39 is 0 Å². The maximum atomic E-state index is 10.8. The van der Waals surface area contributed by atoms with Crippen molar-refractivity contribution in [2.45, 2.75) is 26.2 Å². The fraction of sp³-hybridized carbons (Fsp3) is 0.600. The predicted octanol–water partition coefficient (Wildman–Crippen LogP) is 1.14. The second kappa shape index (κ2) is 11.5. The van der Waals surface area contributed by atoms with Crippen LogP contribution in [-0.2, 0) is 19.1 Å². The highest BCUT2D eigenvalue weighted by Gasteiger charge is 2.06. The van der Waals surface area contributed by atoms with Crippen LogP contribution in [0.15, 0.2) is 0 Å². The third-order valence-corrected chi connectivity index (χ3v) is 1.23. The van der Waals surface area contributed by atoms with Crippen LogP contribution in [0.2, 0.25) is 0 Å². The van der Waals surface area contributed by atoms with Crippen molar-refractivity contribution >= 4 is 11.9 Å². The lowest BCUT2D eigenvalue weighted by Gasteiger charge is -2.01. The van der Waals surface area contributed by atoms with Gasteiger partial charge >= 0.3 is 11.9 Å². The Balaban J connectivity index is 0. The quantitative estimate of drug-likeness (QED) is 0.493. The summed E-state index contributed by atoms with van der Waals surface area (Å²) in [6, 6.07) is 0. The lowest BCUT2D eigenvalue weighted by atomic mass is 10.3. The van der Waals surface area contributed by atoms with Gasteiger partial charge in [-0.15, -0.1) is 12.8 Å². The Morgan fingerprint density at radius 2 is 1.64 bits per heavy atom. The zero-order chi connectivity index (χ0) is 11.4. The molecule has 0 heterocycles. The second-order valence-electron chi connectivity index (χ2n) is 2.30. The van der Waals surface area contributed by atoms with Crippen LogP contribution >= 0.6 is 0 Å². The number of esters is 2. The number of carbonyl (C=O) groups excluding carboxylic acids is 2. The molecular weight excluding hydrogens is 184 g/mol. The normalized spacial score (nSPS) is 8.00. The summed E-state index contributed by atoms with van der Waals surface area (Å²) in [5.74, 6) is -0.731. The van der Waals surface area contributed by atoms with Gasteiger partial charge in [-0.1, -0.05) is 6.92 Å². The fourth-order valence-electron chi connectivity index (χ4n) is 0.594. The molecule has 0 saturated heterocycles. The third-order valence-electron chi connectivity index (χ3n) is 1.23. The zero-order valence-electron chi connectivity index (χ0n) is 8.62. The van der Waals surface area contributed by atoms with Crippen molar-refractivity contribution < 1.29 is 19.1 Å². The summed E-state index contributed by atoms with van der Waals surface area (Å²) >= 11 is 0.